The second kappa shape index (κ2) is 31.6. The summed E-state index contributed by atoms with van der Waals surface area (Å²) in [4.78, 5) is 126. The van der Waals surface area contributed by atoms with E-state index in [1.54, 1.807) is 20.0 Å². The minimum atomic E-state index is -1.38. The van der Waals surface area contributed by atoms with E-state index in [0.29, 0.717) is 36.2 Å². The third kappa shape index (κ3) is 18.4. The number of amides is 8. The molecule has 1 aliphatic heterocycles. The number of nitrogens with zero attached hydrogens (tertiary/aromatic N) is 1. The average molecular weight is 1220 g/mol. The van der Waals surface area contributed by atoms with Crippen LogP contribution in [0.4, 0.5) is 0 Å². The molecular formula is C64H75N13O8S2. The summed E-state index contributed by atoms with van der Waals surface area (Å²) in [6, 6.07) is 31.4. The molecule has 2 aromatic heterocycles. The number of hydrogen-bond acceptors (Lipinski definition) is 13. The third-order valence-electron chi connectivity index (χ3n) is 14.9. The maximum Gasteiger partial charge on any atom is 0.244 e. The van der Waals surface area contributed by atoms with E-state index in [4.69, 9.17) is 17.2 Å². The van der Waals surface area contributed by atoms with Gasteiger partial charge in [0.25, 0.3) is 0 Å². The van der Waals surface area contributed by atoms with Gasteiger partial charge in [-0.15, -0.1) is 0 Å². The van der Waals surface area contributed by atoms with Crippen molar-refractivity contribution in [2.24, 2.45) is 23.1 Å². The van der Waals surface area contributed by atoms with E-state index >= 15 is 0 Å². The van der Waals surface area contributed by atoms with Crippen LogP contribution < -0.4 is 54.4 Å². The van der Waals surface area contributed by atoms with E-state index in [0.717, 1.165) is 60.3 Å². The van der Waals surface area contributed by atoms with Gasteiger partial charge in [0.05, 0.1) is 12.4 Å². The first kappa shape index (κ1) is 64.2. The molecule has 0 aliphatic carbocycles. The SMILES string of the molecule is CC(C)[C@@H]1NC(=O)[C@H](CCCCN)NC(=O)[C@@H](Cc2c[nH]c3ccccc23)NC(=O)[C@H](Cc2cnc[nH]2)NC(=O)[C@H](NC(=O)[C@@H](N)Cc2cccc(-c3ccccc3)c2)CSSC[C@@H](C(=O)N[C@@H](Cc2cccc(-c3ccccc3)c2)C(N)=O)NC1=O. The van der Waals surface area contributed by atoms with Crippen LogP contribution in [-0.4, -0.2) is 129 Å². The van der Waals surface area contributed by atoms with Gasteiger partial charge in [0.1, 0.15) is 42.3 Å². The number of primary amides is 1. The van der Waals surface area contributed by atoms with Gasteiger partial charge in [0.15, 0.2) is 0 Å². The molecule has 0 unspecified atom stereocenters. The molecule has 87 heavy (non-hydrogen) atoms. The van der Waals surface area contributed by atoms with Gasteiger partial charge in [-0.05, 0) is 83.2 Å². The molecule has 5 aromatic carbocycles. The second-order valence-corrected chi connectivity index (χ2v) is 24.4. The number of carbonyl (C=O) groups is 8. The molecule has 23 heteroatoms. The fourth-order valence-electron chi connectivity index (χ4n) is 10.2. The summed E-state index contributed by atoms with van der Waals surface area (Å²) in [5.74, 6) is -6.97. The molecule has 1 saturated heterocycles. The van der Waals surface area contributed by atoms with Crippen LogP contribution in [0, 0.1) is 5.92 Å². The number of para-hydroxylation sites is 1. The van der Waals surface area contributed by atoms with Gasteiger partial charge >= 0.3 is 0 Å². The minimum absolute atomic E-state index is 0.00532. The number of H-pyrrole nitrogens is 2. The highest BCUT2D eigenvalue weighted by Gasteiger charge is 2.36. The lowest BCUT2D eigenvalue weighted by Crippen LogP contribution is -2.61. The van der Waals surface area contributed by atoms with Crippen molar-refractivity contribution in [3.05, 3.63) is 175 Å². The van der Waals surface area contributed by atoms with Crippen molar-refractivity contribution >= 4 is 79.7 Å². The quantitative estimate of drug-likeness (QED) is 0.0381. The molecular weight excluding hydrogens is 1140 g/mol. The van der Waals surface area contributed by atoms with E-state index < -0.39 is 102 Å². The number of imidazole rings is 1. The fourth-order valence-corrected chi connectivity index (χ4v) is 12.5. The smallest absolute Gasteiger partial charge is 0.244 e. The molecule has 0 spiro atoms. The Bertz CT molecular complexity index is 3480. The Morgan fingerprint density at radius 1 is 0.632 bits per heavy atom. The topological polar surface area (TPSA) is 343 Å². The maximum absolute atomic E-state index is 14.9. The van der Waals surface area contributed by atoms with Crippen LogP contribution in [0.1, 0.15) is 55.5 Å². The third-order valence-corrected chi connectivity index (χ3v) is 17.4. The number of nitrogens with one attached hydrogen (secondary N) is 9. The van der Waals surface area contributed by atoms with Crippen molar-refractivity contribution in [3.63, 3.8) is 0 Å². The Morgan fingerprint density at radius 3 is 1.85 bits per heavy atom. The minimum Gasteiger partial charge on any atom is -0.368 e. The van der Waals surface area contributed by atoms with E-state index in [2.05, 4.69) is 52.2 Å². The summed E-state index contributed by atoms with van der Waals surface area (Å²) in [7, 11) is 2.15. The summed E-state index contributed by atoms with van der Waals surface area (Å²) in [6.45, 7) is 3.70. The van der Waals surface area contributed by atoms with Gasteiger partial charge < -0.3 is 64.4 Å². The highest BCUT2D eigenvalue weighted by atomic mass is 33.1. The van der Waals surface area contributed by atoms with E-state index in [-0.39, 0.29) is 43.6 Å². The van der Waals surface area contributed by atoms with Crippen LogP contribution in [0.15, 0.2) is 152 Å². The predicted molar refractivity (Wildman–Crippen MR) is 339 cm³/mol. The zero-order valence-electron chi connectivity index (χ0n) is 48.5. The number of fused-ring (bicyclic) bond motifs is 1. The molecule has 15 N–H and O–H groups in total. The van der Waals surface area contributed by atoms with Crippen LogP contribution in [0.2, 0.25) is 0 Å². The van der Waals surface area contributed by atoms with Crippen LogP contribution in [-0.2, 0) is 64.0 Å². The van der Waals surface area contributed by atoms with Gasteiger partial charge in [-0.2, -0.15) is 0 Å². The number of carbonyl (C=O) groups excluding carboxylic acids is 8. The summed E-state index contributed by atoms with van der Waals surface area (Å²) < 4.78 is 0. The molecule has 0 bridgehead atoms. The Hall–Kier alpha value is -8.77. The van der Waals surface area contributed by atoms with Gasteiger partial charge in [-0.25, -0.2) is 4.98 Å². The summed E-state index contributed by atoms with van der Waals surface area (Å²) in [5, 5.41) is 20.5. The average Bonchev–Trinajstić information content (AvgIpc) is 3.73. The van der Waals surface area contributed by atoms with Crippen molar-refractivity contribution in [3.8, 4) is 22.3 Å². The number of hydrogen-bond donors (Lipinski definition) is 12. The zero-order valence-corrected chi connectivity index (χ0v) is 50.1. The van der Waals surface area contributed by atoms with Crippen LogP contribution in [0.25, 0.3) is 33.2 Å². The van der Waals surface area contributed by atoms with Crippen molar-refractivity contribution in [2.75, 3.05) is 18.1 Å². The monoisotopic (exact) mass is 1220 g/mol. The largest absolute Gasteiger partial charge is 0.368 e. The summed E-state index contributed by atoms with van der Waals surface area (Å²) in [5.41, 5.74) is 25.5. The first-order chi connectivity index (χ1) is 42.0. The molecule has 0 radical (unpaired) electrons. The highest BCUT2D eigenvalue weighted by molar-refractivity contribution is 8.76. The molecule has 8 amide bonds. The van der Waals surface area contributed by atoms with Gasteiger partial charge in [-0.3, -0.25) is 38.4 Å². The molecule has 7 aromatic rings. The number of nitrogens with two attached hydrogens (primary N) is 3. The van der Waals surface area contributed by atoms with E-state index in [1.807, 2.05) is 133 Å². The van der Waals surface area contributed by atoms with Crippen LogP contribution >= 0.6 is 21.6 Å². The molecule has 0 saturated carbocycles. The number of aromatic amines is 2. The number of benzene rings is 5. The number of unbranched alkanes of at least 4 members (excludes halogenated alkanes) is 1. The predicted octanol–water partition coefficient (Wildman–Crippen LogP) is 3.88. The van der Waals surface area contributed by atoms with E-state index in [9.17, 15) is 38.4 Å². The number of rotatable bonds is 20. The van der Waals surface area contributed by atoms with Gasteiger partial charge in [0, 0.05) is 59.8 Å². The molecule has 21 nitrogen and oxygen atoms in total. The molecule has 1 fully saturated rings. The molecule has 3 heterocycles. The van der Waals surface area contributed by atoms with Crippen LogP contribution in [0.3, 0.4) is 0 Å². The van der Waals surface area contributed by atoms with E-state index in [1.165, 1.54) is 12.5 Å². The molecule has 8 atom stereocenters. The Labute approximate surface area is 512 Å². The normalized spacial score (nSPS) is 20.0. The lowest BCUT2D eigenvalue weighted by Gasteiger charge is -2.29. The molecule has 1 aliphatic rings. The molecule has 456 valence electrons. The standard InChI is InChI=1S/C64H75N13O8S2/c1-38(2)56-64(85)76-55(62(83)72-51(57(67)78)30-40-16-14-22-44(28-40)42-19-7-4-8-20-42)36-87-86-35-54(75-58(79)48(66)29-39-15-13-21-43(27-39)41-17-5-3-6-18-41)63(84)74-53(32-46-34-68-37-70-46)61(82)73-52(31-45-33-69-49-24-10-9-23-47(45)49)60(81)71-50(59(80)77-56)25-11-12-26-65/h3-10,13-24,27-28,33-34,37-38,48,50-56,69H,11-12,25-26,29-32,35-36,65-66H2,1-2H3,(H2,67,78)(H,68,70)(H,71,81)(H,72,83)(H,73,82)(H,74,84)(H,75,79)(H,76,85)(H,77,80)/t48-,50-,51-,52+,53-,54+,55-,56-/m0/s1. The van der Waals surface area contributed by atoms with Crippen molar-refractivity contribution in [1.82, 2.24) is 52.2 Å². The first-order valence-electron chi connectivity index (χ1n) is 29.0. The van der Waals surface area contributed by atoms with Crippen molar-refractivity contribution < 1.29 is 38.4 Å². The highest BCUT2D eigenvalue weighted by Crippen LogP contribution is 2.26. The van der Waals surface area contributed by atoms with Gasteiger partial charge in [0.2, 0.25) is 47.3 Å². The Morgan fingerprint density at radius 2 is 1.22 bits per heavy atom. The van der Waals surface area contributed by atoms with Crippen molar-refractivity contribution in [1.29, 1.82) is 0 Å². The fraction of sp³-hybridized carbons (Fsp3) is 0.328. The Balaban J connectivity index is 1.12. The molecule has 8 rings (SSSR count). The maximum atomic E-state index is 14.9. The summed E-state index contributed by atoms with van der Waals surface area (Å²) >= 11 is 0. The Kier molecular flexibility index (Phi) is 23.3. The first-order valence-corrected chi connectivity index (χ1v) is 31.4. The lowest BCUT2D eigenvalue weighted by atomic mass is 9.99. The zero-order chi connectivity index (χ0) is 61.8. The van der Waals surface area contributed by atoms with Crippen molar-refractivity contribution in [2.45, 2.75) is 107 Å². The van der Waals surface area contributed by atoms with Gasteiger partial charge in [-0.1, -0.05) is 163 Å². The lowest BCUT2D eigenvalue weighted by molar-refractivity contribution is -0.136. The number of aromatic nitrogens is 3. The second-order valence-electron chi connectivity index (χ2n) is 21.8. The summed E-state index contributed by atoms with van der Waals surface area (Å²) in [6.07, 6.45) is 5.49. The van der Waals surface area contributed by atoms with Crippen LogP contribution in [0.5, 0.6) is 0 Å².